The number of nitrogens with zero attached hydrogens (tertiary/aromatic N) is 2. The number of carboxylic acid groups (broad SMARTS) is 1. The zero-order valence-corrected chi connectivity index (χ0v) is 11.5. The summed E-state index contributed by atoms with van der Waals surface area (Å²) in [6.07, 6.45) is 1.58. The number of imidazole rings is 1. The number of carbonyl (C=O) groups is 2. The van der Waals surface area contributed by atoms with Gasteiger partial charge in [-0.1, -0.05) is 6.92 Å². The number of aromatic nitrogens is 2. The van der Waals surface area contributed by atoms with Gasteiger partial charge in [0.05, 0.1) is 16.6 Å². The minimum atomic E-state index is -0.999. The van der Waals surface area contributed by atoms with Crippen molar-refractivity contribution in [1.29, 1.82) is 0 Å². The molecule has 0 aliphatic rings. The van der Waals surface area contributed by atoms with E-state index in [2.05, 4.69) is 4.98 Å². The van der Waals surface area contributed by atoms with E-state index in [1.165, 1.54) is 12.1 Å². The van der Waals surface area contributed by atoms with Crippen LogP contribution in [0.5, 0.6) is 0 Å². The second kappa shape index (κ2) is 5.32. The number of amides is 1. The molecule has 6 heteroatoms. The van der Waals surface area contributed by atoms with Gasteiger partial charge in [-0.15, -0.1) is 0 Å². The first-order valence-corrected chi connectivity index (χ1v) is 6.49. The van der Waals surface area contributed by atoms with E-state index in [4.69, 9.17) is 10.8 Å². The van der Waals surface area contributed by atoms with Gasteiger partial charge in [-0.2, -0.15) is 0 Å². The van der Waals surface area contributed by atoms with Gasteiger partial charge in [-0.05, 0) is 31.5 Å². The summed E-state index contributed by atoms with van der Waals surface area (Å²) < 4.78 is 1.78. The molecular formula is C14H17N3O3. The van der Waals surface area contributed by atoms with Gasteiger partial charge < -0.3 is 15.4 Å². The Kier molecular flexibility index (Phi) is 3.74. The van der Waals surface area contributed by atoms with Gasteiger partial charge >= 0.3 is 5.97 Å². The molecule has 0 aliphatic heterocycles. The highest BCUT2D eigenvalue weighted by Crippen LogP contribution is 2.23. The predicted octanol–water partition coefficient (Wildman–Crippen LogP) is 1.73. The largest absolute Gasteiger partial charge is 0.478 e. The molecule has 1 aromatic carbocycles. The molecule has 2 rings (SSSR count). The fraction of sp³-hybridized carbons (Fsp3) is 0.357. The zero-order valence-electron chi connectivity index (χ0n) is 11.5. The van der Waals surface area contributed by atoms with Gasteiger partial charge in [-0.3, -0.25) is 4.79 Å². The Balaban J connectivity index is 2.66. The second-order valence-corrected chi connectivity index (χ2v) is 4.74. The first kappa shape index (κ1) is 14.0. The van der Waals surface area contributed by atoms with E-state index < -0.39 is 17.9 Å². The molecule has 6 nitrogen and oxygen atoms in total. The van der Waals surface area contributed by atoms with Crippen LogP contribution < -0.4 is 5.73 Å². The smallest absolute Gasteiger partial charge is 0.335 e. The van der Waals surface area contributed by atoms with Crippen LogP contribution >= 0.6 is 0 Å². The number of benzene rings is 1. The number of hydrogen-bond donors (Lipinski definition) is 2. The van der Waals surface area contributed by atoms with Crippen LogP contribution in [0.1, 0.15) is 42.5 Å². The molecule has 20 heavy (non-hydrogen) atoms. The van der Waals surface area contributed by atoms with Crippen LogP contribution in [0.15, 0.2) is 18.2 Å². The van der Waals surface area contributed by atoms with Gasteiger partial charge in [-0.25, -0.2) is 9.78 Å². The second-order valence-electron chi connectivity index (χ2n) is 4.74. The fourth-order valence-electron chi connectivity index (χ4n) is 2.24. The van der Waals surface area contributed by atoms with Crippen molar-refractivity contribution in [3.63, 3.8) is 0 Å². The molecule has 0 saturated heterocycles. The number of carbonyl (C=O) groups excluding carboxylic acids is 1. The average Bonchev–Trinajstić information content (AvgIpc) is 2.74. The lowest BCUT2D eigenvalue weighted by atomic mass is 10.2. The molecule has 0 radical (unpaired) electrons. The van der Waals surface area contributed by atoms with Crippen molar-refractivity contribution in [2.24, 2.45) is 5.73 Å². The number of fused-ring (bicyclic) bond motifs is 1. The highest BCUT2D eigenvalue weighted by atomic mass is 16.4. The lowest BCUT2D eigenvalue weighted by Crippen LogP contribution is -2.25. The highest BCUT2D eigenvalue weighted by molar-refractivity contribution is 5.93. The summed E-state index contributed by atoms with van der Waals surface area (Å²) in [5.41, 5.74) is 6.85. The number of nitrogens with two attached hydrogens (primary N) is 1. The molecular weight excluding hydrogens is 258 g/mol. The maximum atomic E-state index is 11.5. The number of rotatable bonds is 5. The summed E-state index contributed by atoms with van der Waals surface area (Å²) >= 11 is 0. The van der Waals surface area contributed by atoms with Crippen molar-refractivity contribution in [3.8, 4) is 0 Å². The molecule has 106 valence electrons. The van der Waals surface area contributed by atoms with Crippen LogP contribution in [0.3, 0.4) is 0 Å². The molecule has 0 bridgehead atoms. The Hall–Kier alpha value is -2.37. The molecule has 1 aromatic heterocycles. The fourth-order valence-corrected chi connectivity index (χ4v) is 2.24. The van der Waals surface area contributed by atoms with Gasteiger partial charge in [0, 0.05) is 6.42 Å². The summed E-state index contributed by atoms with van der Waals surface area (Å²) in [5.74, 6) is -0.693. The molecule has 0 aliphatic carbocycles. The van der Waals surface area contributed by atoms with E-state index in [9.17, 15) is 9.59 Å². The number of hydrogen-bond acceptors (Lipinski definition) is 3. The Labute approximate surface area is 116 Å². The van der Waals surface area contributed by atoms with Crippen LogP contribution in [0.2, 0.25) is 0 Å². The monoisotopic (exact) mass is 275 g/mol. The lowest BCUT2D eigenvalue weighted by Gasteiger charge is -2.14. The summed E-state index contributed by atoms with van der Waals surface area (Å²) in [6.45, 7) is 3.73. The number of aryl methyl sites for hydroxylation is 1. The molecule has 1 amide bonds. The van der Waals surface area contributed by atoms with Crippen LogP contribution in [0.25, 0.3) is 11.0 Å². The third-order valence-corrected chi connectivity index (χ3v) is 3.28. The summed E-state index contributed by atoms with van der Waals surface area (Å²) in [6, 6.07) is 4.18. The van der Waals surface area contributed by atoms with Crippen molar-refractivity contribution in [2.45, 2.75) is 32.7 Å². The first-order chi connectivity index (χ1) is 9.45. The molecule has 0 fully saturated rings. The molecule has 0 saturated carbocycles. The molecule has 3 N–H and O–H groups in total. The van der Waals surface area contributed by atoms with E-state index >= 15 is 0 Å². The van der Waals surface area contributed by atoms with Crippen molar-refractivity contribution >= 4 is 22.9 Å². The maximum Gasteiger partial charge on any atom is 0.335 e. The van der Waals surface area contributed by atoms with Crippen LogP contribution in [-0.2, 0) is 11.2 Å². The van der Waals surface area contributed by atoms with Crippen molar-refractivity contribution in [2.75, 3.05) is 0 Å². The summed E-state index contributed by atoms with van der Waals surface area (Å²) in [4.78, 5) is 26.9. The zero-order chi connectivity index (χ0) is 14.9. The standard InChI is InChI=1S/C14H17N3O3/c1-3-4-12-16-10-7-9(14(19)20)5-6-11(10)17(12)8(2)13(15)18/h5-8H,3-4H2,1-2H3,(H2,15,18)(H,19,20). The minimum absolute atomic E-state index is 0.178. The van der Waals surface area contributed by atoms with E-state index in [0.717, 1.165) is 17.8 Å². The minimum Gasteiger partial charge on any atom is -0.478 e. The Morgan fingerprint density at radius 2 is 2.15 bits per heavy atom. The van der Waals surface area contributed by atoms with Gasteiger partial charge in [0.25, 0.3) is 0 Å². The normalized spacial score (nSPS) is 12.5. The van der Waals surface area contributed by atoms with Gasteiger partial charge in [0.15, 0.2) is 0 Å². The van der Waals surface area contributed by atoms with Gasteiger partial charge in [0.1, 0.15) is 11.9 Å². The molecule has 1 heterocycles. The summed E-state index contributed by atoms with van der Waals surface area (Å²) in [5, 5.41) is 9.01. The Bertz CT molecular complexity index is 676. The SMILES string of the molecule is CCCc1nc2cc(C(=O)O)ccc2n1C(C)C(N)=O. The predicted molar refractivity (Wildman–Crippen MR) is 74.6 cm³/mol. The molecule has 0 spiro atoms. The molecule has 1 unspecified atom stereocenters. The third-order valence-electron chi connectivity index (χ3n) is 3.28. The van der Waals surface area contributed by atoms with Crippen molar-refractivity contribution < 1.29 is 14.7 Å². The summed E-state index contributed by atoms with van der Waals surface area (Å²) in [7, 11) is 0. The quantitative estimate of drug-likeness (QED) is 0.868. The molecule has 2 aromatic rings. The van der Waals surface area contributed by atoms with Crippen molar-refractivity contribution in [3.05, 3.63) is 29.6 Å². The maximum absolute atomic E-state index is 11.5. The van der Waals surface area contributed by atoms with Crippen LogP contribution in [-0.4, -0.2) is 26.5 Å². The number of aromatic carboxylic acids is 1. The van der Waals surface area contributed by atoms with E-state index in [1.807, 2.05) is 6.92 Å². The van der Waals surface area contributed by atoms with E-state index in [-0.39, 0.29) is 5.56 Å². The van der Waals surface area contributed by atoms with Crippen LogP contribution in [0, 0.1) is 0 Å². The first-order valence-electron chi connectivity index (χ1n) is 6.49. The average molecular weight is 275 g/mol. The van der Waals surface area contributed by atoms with Gasteiger partial charge in [0.2, 0.25) is 5.91 Å². The Morgan fingerprint density at radius 1 is 1.45 bits per heavy atom. The highest BCUT2D eigenvalue weighted by Gasteiger charge is 2.19. The number of primary amides is 1. The number of carboxylic acids is 1. The van der Waals surface area contributed by atoms with Crippen LogP contribution in [0.4, 0.5) is 0 Å². The topological polar surface area (TPSA) is 98.2 Å². The third kappa shape index (κ3) is 2.36. The van der Waals surface area contributed by atoms with Crippen molar-refractivity contribution in [1.82, 2.24) is 9.55 Å². The van der Waals surface area contributed by atoms with E-state index in [0.29, 0.717) is 11.9 Å². The molecule has 1 atom stereocenters. The van der Waals surface area contributed by atoms with E-state index in [1.54, 1.807) is 17.6 Å². The lowest BCUT2D eigenvalue weighted by molar-refractivity contribution is -0.120. The Morgan fingerprint density at radius 3 is 2.70 bits per heavy atom.